The molecule has 1 saturated heterocycles. The third-order valence-corrected chi connectivity index (χ3v) is 3.29. The highest BCUT2D eigenvalue weighted by Gasteiger charge is 2.28. The van der Waals surface area contributed by atoms with Gasteiger partial charge in [-0.25, -0.2) is 4.79 Å². The molecule has 2 rings (SSSR count). The van der Waals surface area contributed by atoms with Crippen LogP contribution in [0.4, 0.5) is 6.01 Å². The fourth-order valence-electron chi connectivity index (χ4n) is 2.28. The number of oxazole rings is 1. The summed E-state index contributed by atoms with van der Waals surface area (Å²) in [4.78, 5) is 29.2. The van der Waals surface area contributed by atoms with E-state index in [1.807, 2.05) is 4.90 Å². The lowest BCUT2D eigenvalue weighted by Crippen LogP contribution is -2.42. The Kier molecular flexibility index (Phi) is 4.60. The standard InChI is InChI=1S/C13H19N3O4/c1-3-19-12(18)10-8-20-13(15-10)16-6-4-5-9(7-16)11(17)14-2/h8-9H,3-7H2,1-2H3,(H,14,17). The topological polar surface area (TPSA) is 84.7 Å². The predicted molar refractivity (Wildman–Crippen MR) is 71.5 cm³/mol. The minimum absolute atomic E-state index is 0.0203. The van der Waals surface area contributed by atoms with Crippen molar-refractivity contribution in [2.75, 3.05) is 31.6 Å². The lowest BCUT2D eigenvalue weighted by molar-refractivity contribution is -0.124. The Morgan fingerprint density at radius 3 is 3.10 bits per heavy atom. The molecule has 0 spiro atoms. The highest BCUT2D eigenvalue weighted by Crippen LogP contribution is 2.23. The molecule has 1 aliphatic heterocycles. The molecule has 0 aromatic carbocycles. The van der Waals surface area contributed by atoms with Crippen LogP contribution in [0.25, 0.3) is 0 Å². The van der Waals surface area contributed by atoms with E-state index in [-0.39, 0.29) is 17.5 Å². The van der Waals surface area contributed by atoms with Crippen molar-refractivity contribution < 1.29 is 18.7 Å². The molecular weight excluding hydrogens is 262 g/mol. The molecule has 2 heterocycles. The van der Waals surface area contributed by atoms with E-state index >= 15 is 0 Å². The van der Waals surface area contributed by atoms with Crippen LogP contribution in [0.15, 0.2) is 10.7 Å². The Morgan fingerprint density at radius 1 is 1.60 bits per heavy atom. The molecular formula is C13H19N3O4. The number of carbonyl (C=O) groups is 2. The van der Waals surface area contributed by atoms with E-state index in [1.54, 1.807) is 14.0 Å². The monoisotopic (exact) mass is 281 g/mol. The van der Waals surface area contributed by atoms with E-state index in [4.69, 9.17) is 9.15 Å². The number of hydrogen-bond acceptors (Lipinski definition) is 6. The Hall–Kier alpha value is -2.05. The van der Waals surface area contributed by atoms with E-state index in [0.29, 0.717) is 19.2 Å². The SMILES string of the molecule is CCOC(=O)c1coc(N2CCCC(C(=O)NC)C2)n1. The smallest absolute Gasteiger partial charge is 0.360 e. The molecule has 0 bridgehead atoms. The molecule has 1 unspecified atom stereocenters. The first-order chi connectivity index (χ1) is 9.65. The van der Waals surface area contributed by atoms with Crippen molar-refractivity contribution in [2.24, 2.45) is 5.92 Å². The van der Waals surface area contributed by atoms with Crippen LogP contribution in [0.3, 0.4) is 0 Å². The molecule has 1 aliphatic rings. The zero-order chi connectivity index (χ0) is 14.5. The third-order valence-electron chi connectivity index (χ3n) is 3.29. The molecule has 1 fully saturated rings. The number of nitrogens with zero attached hydrogens (tertiary/aromatic N) is 2. The zero-order valence-corrected chi connectivity index (χ0v) is 11.7. The van der Waals surface area contributed by atoms with Gasteiger partial charge in [-0.1, -0.05) is 0 Å². The third kappa shape index (κ3) is 3.09. The summed E-state index contributed by atoms with van der Waals surface area (Å²) in [6.45, 7) is 3.33. The first-order valence-electron chi connectivity index (χ1n) is 6.75. The number of esters is 1. The normalized spacial score (nSPS) is 18.7. The highest BCUT2D eigenvalue weighted by atomic mass is 16.5. The van der Waals surface area contributed by atoms with Crippen LogP contribution in [0, 0.1) is 5.92 Å². The molecule has 7 nitrogen and oxygen atoms in total. The molecule has 1 aromatic rings. The van der Waals surface area contributed by atoms with Crippen LogP contribution < -0.4 is 10.2 Å². The van der Waals surface area contributed by atoms with Gasteiger partial charge in [0.2, 0.25) is 5.91 Å². The Bertz CT molecular complexity index is 486. The minimum Gasteiger partial charge on any atom is -0.461 e. The van der Waals surface area contributed by atoms with E-state index in [1.165, 1.54) is 6.26 Å². The predicted octanol–water partition coefficient (Wildman–Crippen LogP) is 0.814. The maximum absolute atomic E-state index is 11.7. The van der Waals surface area contributed by atoms with Gasteiger partial charge in [-0.05, 0) is 19.8 Å². The van der Waals surface area contributed by atoms with E-state index in [2.05, 4.69) is 10.3 Å². The lowest BCUT2D eigenvalue weighted by atomic mass is 9.97. The fraction of sp³-hybridized carbons (Fsp3) is 0.615. The quantitative estimate of drug-likeness (QED) is 0.822. The van der Waals surface area contributed by atoms with Gasteiger partial charge < -0.3 is 19.4 Å². The molecule has 1 N–H and O–H groups in total. The molecule has 1 amide bonds. The number of anilines is 1. The largest absolute Gasteiger partial charge is 0.461 e. The summed E-state index contributed by atoms with van der Waals surface area (Å²) < 4.78 is 10.2. The second-order valence-corrected chi connectivity index (χ2v) is 4.64. The van der Waals surface area contributed by atoms with Gasteiger partial charge in [0.25, 0.3) is 6.01 Å². The highest BCUT2D eigenvalue weighted by molar-refractivity contribution is 5.87. The number of piperidine rings is 1. The Morgan fingerprint density at radius 2 is 2.40 bits per heavy atom. The van der Waals surface area contributed by atoms with E-state index < -0.39 is 5.97 Å². The van der Waals surface area contributed by atoms with Crippen molar-refractivity contribution in [3.8, 4) is 0 Å². The van der Waals surface area contributed by atoms with Crippen LogP contribution >= 0.6 is 0 Å². The molecule has 110 valence electrons. The zero-order valence-electron chi connectivity index (χ0n) is 11.7. The fourth-order valence-corrected chi connectivity index (χ4v) is 2.28. The van der Waals surface area contributed by atoms with Crippen LogP contribution in [-0.4, -0.2) is 43.6 Å². The summed E-state index contributed by atoms with van der Waals surface area (Å²) in [5, 5.41) is 2.66. The average Bonchev–Trinajstić information content (AvgIpc) is 2.97. The van der Waals surface area contributed by atoms with Gasteiger partial charge in [-0.3, -0.25) is 4.79 Å². The minimum atomic E-state index is -0.498. The number of hydrogen-bond donors (Lipinski definition) is 1. The van der Waals surface area contributed by atoms with Crippen molar-refractivity contribution in [3.05, 3.63) is 12.0 Å². The van der Waals surface area contributed by atoms with Crippen LogP contribution in [0.1, 0.15) is 30.3 Å². The maximum Gasteiger partial charge on any atom is 0.360 e. The molecule has 20 heavy (non-hydrogen) atoms. The summed E-state index contributed by atoms with van der Waals surface area (Å²) in [6, 6.07) is 0.363. The molecule has 1 aromatic heterocycles. The van der Waals surface area contributed by atoms with Gasteiger partial charge in [0, 0.05) is 20.1 Å². The van der Waals surface area contributed by atoms with Crippen LogP contribution in [-0.2, 0) is 9.53 Å². The molecule has 1 atom stereocenters. The lowest BCUT2D eigenvalue weighted by Gasteiger charge is -2.30. The summed E-state index contributed by atoms with van der Waals surface area (Å²) in [7, 11) is 1.63. The first-order valence-corrected chi connectivity index (χ1v) is 6.75. The summed E-state index contributed by atoms with van der Waals surface area (Å²) in [5.74, 6) is -0.555. The van der Waals surface area contributed by atoms with Gasteiger partial charge in [0.05, 0.1) is 12.5 Å². The van der Waals surface area contributed by atoms with Crippen molar-refractivity contribution in [1.29, 1.82) is 0 Å². The second-order valence-electron chi connectivity index (χ2n) is 4.64. The molecule has 0 aliphatic carbocycles. The van der Waals surface area contributed by atoms with Gasteiger partial charge in [-0.15, -0.1) is 0 Å². The number of nitrogens with one attached hydrogen (secondary N) is 1. The van der Waals surface area contributed by atoms with Gasteiger partial charge in [0.1, 0.15) is 6.26 Å². The van der Waals surface area contributed by atoms with E-state index in [9.17, 15) is 9.59 Å². The number of rotatable bonds is 4. The van der Waals surface area contributed by atoms with Gasteiger partial charge in [-0.2, -0.15) is 4.98 Å². The van der Waals surface area contributed by atoms with Crippen molar-refractivity contribution in [2.45, 2.75) is 19.8 Å². The second kappa shape index (κ2) is 6.40. The van der Waals surface area contributed by atoms with Crippen LogP contribution in [0.5, 0.6) is 0 Å². The van der Waals surface area contributed by atoms with Gasteiger partial charge in [0.15, 0.2) is 5.69 Å². The van der Waals surface area contributed by atoms with Crippen molar-refractivity contribution in [3.63, 3.8) is 0 Å². The Labute approximate surface area is 117 Å². The van der Waals surface area contributed by atoms with E-state index in [0.717, 1.165) is 19.4 Å². The Balaban J connectivity index is 2.04. The van der Waals surface area contributed by atoms with Crippen molar-refractivity contribution >= 4 is 17.9 Å². The average molecular weight is 281 g/mol. The summed E-state index contributed by atoms with van der Waals surface area (Å²) in [6.07, 6.45) is 3.02. The maximum atomic E-state index is 11.7. The van der Waals surface area contributed by atoms with Crippen molar-refractivity contribution in [1.82, 2.24) is 10.3 Å². The summed E-state index contributed by atoms with van der Waals surface area (Å²) >= 11 is 0. The molecule has 0 radical (unpaired) electrons. The van der Waals surface area contributed by atoms with Gasteiger partial charge >= 0.3 is 5.97 Å². The molecule has 7 heteroatoms. The number of ether oxygens (including phenoxy) is 1. The summed E-state index contributed by atoms with van der Waals surface area (Å²) in [5.41, 5.74) is 0.156. The number of aromatic nitrogens is 1. The molecule has 0 saturated carbocycles. The number of amides is 1. The van der Waals surface area contributed by atoms with Crippen LogP contribution in [0.2, 0.25) is 0 Å². The number of carbonyl (C=O) groups excluding carboxylic acids is 2. The first kappa shape index (κ1) is 14.4.